The van der Waals surface area contributed by atoms with E-state index in [4.69, 9.17) is 0 Å². The van der Waals surface area contributed by atoms with Crippen molar-refractivity contribution in [3.8, 4) is 0 Å². The van der Waals surface area contributed by atoms with Crippen molar-refractivity contribution in [1.82, 2.24) is 5.32 Å². The summed E-state index contributed by atoms with van der Waals surface area (Å²) in [6, 6.07) is 7.35. The van der Waals surface area contributed by atoms with E-state index in [9.17, 15) is 9.59 Å². The summed E-state index contributed by atoms with van der Waals surface area (Å²) in [6.45, 7) is 5.43. The fraction of sp³-hybridized carbons (Fsp3) is 0.467. The van der Waals surface area contributed by atoms with Crippen molar-refractivity contribution >= 4 is 17.5 Å². The quantitative estimate of drug-likeness (QED) is 0.655. The van der Waals surface area contributed by atoms with Gasteiger partial charge in [0.15, 0.2) is 0 Å². The maximum Gasteiger partial charge on any atom is 0.313 e. The Labute approximate surface area is 120 Å². The Morgan fingerprint density at radius 1 is 1.25 bits per heavy atom. The molecule has 20 heavy (non-hydrogen) atoms. The number of aryl methyl sites for hydroxylation is 1. The van der Waals surface area contributed by atoms with Crippen molar-refractivity contribution in [2.75, 3.05) is 32.5 Å². The minimum atomic E-state index is -0.625. The predicted octanol–water partition coefficient (Wildman–Crippen LogP) is -0.170. The molecule has 5 heteroatoms. The maximum absolute atomic E-state index is 11.7. The van der Waals surface area contributed by atoms with E-state index in [0.717, 1.165) is 12.1 Å². The van der Waals surface area contributed by atoms with Gasteiger partial charge in [-0.2, -0.15) is 0 Å². The molecule has 0 saturated heterocycles. The highest BCUT2D eigenvalue weighted by molar-refractivity contribution is 6.39. The molecule has 5 nitrogen and oxygen atoms in total. The van der Waals surface area contributed by atoms with Crippen LogP contribution in [-0.4, -0.2) is 39.0 Å². The molecule has 1 aromatic carbocycles. The zero-order valence-electron chi connectivity index (χ0n) is 12.6. The first-order valence-corrected chi connectivity index (χ1v) is 6.83. The Hall–Kier alpha value is -1.88. The number of hydrogen-bond acceptors (Lipinski definition) is 2. The van der Waals surface area contributed by atoms with Gasteiger partial charge in [0.25, 0.3) is 0 Å². The summed E-state index contributed by atoms with van der Waals surface area (Å²) >= 11 is 0. The van der Waals surface area contributed by atoms with Crippen LogP contribution in [0.3, 0.4) is 0 Å². The molecule has 0 bridgehead atoms. The normalized spacial score (nSPS) is 12.1. The first kappa shape index (κ1) is 16.2. The maximum atomic E-state index is 11.7. The number of anilines is 1. The molecule has 2 amide bonds. The number of benzene rings is 1. The second kappa shape index (κ2) is 7.65. The molecule has 0 saturated carbocycles. The van der Waals surface area contributed by atoms with Crippen molar-refractivity contribution in [1.29, 1.82) is 0 Å². The molecule has 0 aliphatic rings. The molecule has 3 N–H and O–H groups in total. The minimum absolute atomic E-state index is 0.329. The lowest BCUT2D eigenvalue weighted by atomic mass is 10.1. The molecule has 1 rings (SSSR count). The summed E-state index contributed by atoms with van der Waals surface area (Å²) in [5.74, 6) is -0.886. The molecule has 0 heterocycles. The molecule has 0 radical (unpaired) electrons. The van der Waals surface area contributed by atoms with Gasteiger partial charge in [0.05, 0.1) is 20.6 Å². The molecule has 0 fully saturated rings. The molecule has 1 aromatic rings. The third kappa shape index (κ3) is 5.84. The van der Waals surface area contributed by atoms with Crippen LogP contribution < -0.4 is 15.5 Å². The monoisotopic (exact) mass is 278 g/mol. The van der Waals surface area contributed by atoms with Crippen LogP contribution in [0.15, 0.2) is 24.3 Å². The number of hydrogen-bond donors (Lipinski definition) is 3. The summed E-state index contributed by atoms with van der Waals surface area (Å²) in [7, 11) is 4.12. The van der Waals surface area contributed by atoms with E-state index < -0.39 is 11.8 Å². The van der Waals surface area contributed by atoms with Gasteiger partial charge in [0, 0.05) is 18.2 Å². The van der Waals surface area contributed by atoms with Crippen LogP contribution in [0.2, 0.25) is 0 Å². The zero-order chi connectivity index (χ0) is 15.1. The molecule has 0 aliphatic heterocycles. The van der Waals surface area contributed by atoms with E-state index in [1.54, 1.807) is 6.07 Å². The predicted molar refractivity (Wildman–Crippen MR) is 79.7 cm³/mol. The molecule has 1 atom stereocenters. The van der Waals surface area contributed by atoms with Gasteiger partial charge in [-0.25, -0.2) is 0 Å². The number of amides is 2. The summed E-state index contributed by atoms with van der Waals surface area (Å²) in [5.41, 5.74) is 1.67. The Morgan fingerprint density at radius 3 is 2.55 bits per heavy atom. The largest absolute Gasteiger partial charge is 0.347 e. The summed E-state index contributed by atoms with van der Waals surface area (Å²) in [4.78, 5) is 24.7. The van der Waals surface area contributed by atoms with Crippen molar-refractivity contribution < 1.29 is 14.5 Å². The highest BCUT2D eigenvalue weighted by Gasteiger charge is 2.15. The SMILES string of the molecule is Cc1cccc(NC(=O)C(=O)NC[C@@H](C)C[NH+](C)C)c1. The molecule has 0 unspecified atom stereocenters. The first-order valence-electron chi connectivity index (χ1n) is 6.83. The number of nitrogens with one attached hydrogen (secondary N) is 3. The molecule has 0 aromatic heterocycles. The van der Waals surface area contributed by atoms with E-state index in [1.165, 1.54) is 4.90 Å². The number of rotatable bonds is 5. The Morgan fingerprint density at radius 2 is 1.95 bits per heavy atom. The molecule has 0 spiro atoms. The summed E-state index contributed by atoms with van der Waals surface area (Å²) < 4.78 is 0. The van der Waals surface area contributed by atoms with Gasteiger partial charge >= 0.3 is 11.8 Å². The Balaban J connectivity index is 2.42. The van der Waals surface area contributed by atoms with E-state index in [0.29, 0.717) is 18.2 Å². The van der Waals surface area contributed by atoms with Gasteiger partial charge in [0.2, 0.25) is 0 Å². The zero-order valence-corrected chi connectivity index (χ0v) is 12.6. The fourth-order valence-corrected chi connectivity index (χ4v) is 2.03. The molecular weight excluding hydrogens is 254 g/mol. The number of carbonyl (C=O) groups excluding carboxylic acids is 2. The summed E-state index contributed by atoms with van der Waals surface area (Å²) in [6.07, 6.45) is 0. The number of quaternary nitrogens is 1. The van der Waals surface area contributed by atoms with Crippen LogP contribution in [0.5, 0.6) is 0 Å². The van der Waals surface area contributed by atoms with E-state index in [-0.39, 0.29) is 0 Å². The molecule has 0 aliphatic carbocycles. The van der Waals surface area contributed by atoms with Gasteiger partial charge in [-0.1, -0.05) is 19.1 Å². The third-order valence-electron chi connectivity index (χ3n) is 2.85. The van der Waals surface area contributed by atoms with Gasteiger partial charge < -0.3 is 15.5 Å². The molecule has 110 valence electrons. The fourth-order valence-electron chi connectivity index (χ4n) is 2.03. The van der Waals surface area contributed by atoms with Crippen molar-refractivity contribution in [2.45, 2.75) is 13.8 Å². The van der Waals surface area contributed by atoms with E-state index in [1.807, 2.05) is 32.0 Å². The van der Waals surface area contributed by atoms with Gasteiger partial charge in [-0.3, -0.25) is 9.59 Å². The van der Waals surface area contributed by atoms with Crippen LogP contribution >= 0.6 is 0 Å². The lowest BCUT2D eigenvalue weighted by molar-refractivity contribution is -0.861. The van der Waals surface area contributed by atoms with Gasteiger partial charge in [-0.05, 0) is 24.6 Å². The smallest absolute Gasteiger partial charge is 0.313 e. The van der Waals surface area contributed by atoms with Crippen molar-refractivity contribution in [3.05, 3.63) is 29.8 Å². The van der Waals surface area contributed by atoms with Gasteiger partial charge in [0.1, 0.15) is 0 Å². The van der Waals surface area contributed by atoms with Crippen LogP contribution in [0.1, 0.15) is 12.5 Å². The first-order chi connectivity index (χ1) is 9.38. The third-order valence-corrected chi connectivity index (χ3v) is 2.85. The minimum Gasteiger partial charge on any atom is -0.347 e. The van der Waals surface area contributed by atoms with E-state index in [2.05, 4.69) is 24.7 Å². The standard InChI is InChI=1S/C15H23N3O2/c1-11-6-5-7-13(8-11)17-15(20)14(19)16-9-12(2)10-18(3)4/h5-8,12H,9-10H2,1-4H3,(H,16,19)(H,17,20)/p+1/t12-/m1/s1. The topological polar surface area (TPSA) is 62.6 Å². The van der Waals surface area contributed by atoms with Crippen molar-refractivity contribution in [2.24, 2.45) is 5.92 Å². The Bertz CT molecular complexity index is 472. The molecular formula is C15H24N3O2+. The van der Waals surface area contributed by atoms with Crippen molar-refractivity contribution in [3.63, 3.8) is 0 Å². The Kier molecular flexibility index (Phi) is 6.18. The lowest BCUT2D eigenvalue weighted by Crippen LogP contribution is -3.06. The number of carbonyl (C=O) groups is 2. The average Bonchev–Trinajstić information content (AvgIpc) is 2.35. The second-order valence-electron chi connectivity index (χ2n) is 5.55. The average molecular weight is 278 g/mol. The lowest BCUT2D eigenvalue weighted by Gasteiger charge is -2.15. The van der Waals surface area contributed by atoms with E-state index >= 15 is 0 Å². The highest BCUT2D eigenvalue weighted by Crippen LogP contribution is 2.08. The van der Waals surface area contributed by atoms with Crippen LogP contribution in [0.25, 0.3) is 0 Å². The summed E-state index contributed by atoms with van der Waals surface area (Å²) in [5, 5.41) is 5.25. The van der Waals surface area contributed by atoms with Gasteiger partial charge in [-0.15, -0.1) is 0 Å². The van der Waals surface area contributed by atoms with Crippen LogP contribution in [0, 0.1) is 12.8 Å². The van der Waals surface area contributed by atoms with Crippen LogP contribution in [0.4, 0.5) is 5.69 Å². The highest BCUT2D eigenvalue weighted by atomic mass is 16.2. The second-order valence-corrected chi connectivity index (χ2v) is 5.55. The van der Waals surface area contributed by atoms with Crippen LogP contribution in [-0.2, 0) is 9.59 Å².